The average Bonchev–Trinajstić information content (AvgIpc) is 3.21. The van der Waals surface area contributed by atoms with Crippen molar-refractivity contribution in [3.8, 4) is 0 Å². The van der Waals surface area contributed by atoms with Crippen LogP contribution in [0.2, 0.25) is 0 Å². The monoisotopic (exact) mass is 311 g/mol. The van der Waals surface area contributed by atoms with Gasteiger partial charge in [-0.25, -0.2) is 13.1 Å². The molecule has 0 bridgehead atoms. The number of hydrogen-bond donors (Lipinski definition) is 3. The van der Waals surface area contributed by atoms with E-state index in [0.717, 1.165) is 24.3 Å². The molecule has 0 atom stereocenters. The zero-order valence-electron chi connectivity index (χ0n) is 12.1. The molecule has 21 heavy (non-hydrogen) atoms. The SMILES string of the molecule is CS(=O)(=O)NCc1ccc(NC(=O)CNCC2CC2)cc1. The number of rotatable bonds is 8. The van der Waals surface area contributed by atoms with Crippen LogP contribution in [0.1, 0.15) is 18.4 Å². The summed E-state index contributed by atoms with van der Waals surface area (Å²) < 4.78 is 24.4. The minimum atomic E-state index is -3.19. The van der Waals surface area contributed by atoms with Gasteiger partial charge in [-0.1, -0.05) is 12.1 Å². The lowest BCUT2D eigenvalue weighted by Gasteiger charge is -2.08. The molecule has 116 valence electrons. The molecule has 1 aliphatic carbocycles. The quantitative estimate of drug-likeness (QED) is 0.659. The van der Waals surface area contributed by atoms with Crippen molar-refractivity contribution in [2.24, 2.45) is 5.92 Å². The van der Waals surface area contributed by atoms with E-state index in [2.05, 4.69) is 15.4 Å². The Morgan fingerprint density at radius 2 is 1.90 bits per heavy atom. The molecular weight excluding hydrogens is 290 g/mol. The van der Waals surface area contributed by atoms with Crippen LogP contribution in [0.4, 0.5) is 5.69 Å². The molecule has 0 aromatic heterocycles. The van der Waals surface area contributed by atoms with Crippen LogP contribution in [0, 0.1) is 5.92 Å². The second-order valence-electron chi connectivity index (χ2n) is 5.41. The van der Waals surface area contributed by atoms with Crippen LogP contribution in [0.25, 0.3) is 0 Å². The van der Waals surface area contributed by atoms with Crippen molar-refractivity contribution in [3.63, 3.8) is 0 Å². The fraction of sp³-hybridized carbons (Fsp3) is 0.500. The lowest BCUT2D eigenvalue weighted by atomic mass is 10.2. The number of carbonyl (C=O) groups is 1. The number of amides is 1. The first-order valence-electron chi connectivity index (χ1n) is 6.96. The summed E-state index contributed by atoms with van der Waals surface area (Å²) in [5, 5.41) is 5.92. The number of hydrogen-bond acceptors (Lipinski definition) is 4. The Kier molecular flexibility index (Phi) is 5.33. The zero-order valence-corrected chi connectivity index (χ0v) is 12.9. The van der Waals surface area contributed by atoms with Crippen LogP contribution in [-0.2, 0) is 21.4 Å². The van der Waals surface area contributed by atoms with Crippen LogP contribution in [0.15, 0.2) is 24.3 Å². The Balaban J connectivity index is 1.74. The molecule has 1 saturated carbocycles. The van der Waals surface area contributed by atoms with E-state index in [1.807, 2.05) is 0 Å². The summed E-state index contributed by atoms with van der Waals surface area (Å²) in [4.78, 5) is 11.7. The van der Waals surface area contributed by atoms with Gasteiger partial charge in [0.1, 0.15) is 0 Å². The molecule has 0 saturated heterocycles. The molecule has 0 radical (unpaired) electrons. The maximum Gasteiger partial charge on any atom is 0.238 e. The van der Waals surface area contributed by atoms with Gasteiger partial charge in [0, 0.05) is 12.2 Å². The van der Waals surface area contributed by atoms with E-state index in [4.69, 9.17) is 0 Å². The molecule has 1 amide bonds. The van der Waals surface area contributed by atoms with Gasteiger partial charge in [0.25, 0.3) is 0 Å². The van der Waals surface area contributed by atoms with E-state index in [-0.39, 0.29) is 12.5 Å². The number of nitrogens with one attached hydrogen (secondary N) is 3. The molecule has 1 aliphatic rings. The fourth-order valence-electron chi connectivity index (χ4n) is 1.84. The molecule has 1 aromatic carbocycles. The standard InChI is InChI=1S/C14H21N3O3S/c1-21(19,20)16-9-12-4-6-13(7-5-12)17-14(18)10-15-8-11-2-3-11/h4-7,11,15-16H,2-3,8-10H2,1H3,(H,17,18). The topological polar surface area (TPSA) is 87.3 Å². The third-order valence-corrected chi connectivity index (χ3v) is 3.86. The van der Waals surface area contributed by atoms with Gasteiger partial charge < -0.3 is 10.6 Å². The van der Waals surface area contributed by atoms with E-state index >= 15 is 0 Å². The first-order valence-corrected chi connectivity index (χ1v) is 8.86. The predicted octanol–water partition coefficient (Wildman–Crippen LogP) is 0.674. The number of sulfonamides is 1. The first kappa shape index (κ1) is 15.9. The van der Waals surface area contributed by atoms with Gasteiger partial charge in [-0.15, -0.1) is 0 Å². The highest BCUT2D eigenvalue weighted by Gasteiger charge is 2.20. The van der Waals surface area contributed by atoms with Crippen molar-refractivity contribution < 1.29 is 13.2 Å². The summed E-state index contributed by atoms with van der Waals surface area (Å²) in [6.07, 6.45) is 3.64. The molecule has 1 aromatic rings. The van der Waals surface area contributed by atoms with Crippen molar-refractivity contribution in [1.29, 1.82) is 0 Å². The Hall–Kier alpha value is -1.44. The summed E-state index contributed by atoms with van der Waals surface area (Å²) in [5.41, 5.74) is 1.54. The first-order chi connectivity index (χ1) is 9.92. The number of benzene rings is 1. The van der Waals surface area contributed by atoms with Gasteiger partial charge in [-0.05, 0) is 43.0 Å². The van der Waals surface area contributed by atoms with Crippen LogP contribution >= 0.6 is 0 Å². The Labute approximate surface area is 125 Å². The highest BCUT2D eigenvalue weighted by molar-refractivity contribution is 7.88. The Morgan fingerprint density at radius 1 is 1.24 bits per heavy atom. The summed E-state index contributed by atoms with van der Waals surface area (Å²) >= 11 is 0. The van der Waals surface area contributed by atoms with E-state index in [1.165, 1.54) is 12.8 Å². The second kappa shape index (κ2) is 7.02. The smallest absolute Gasteiger partial charge is 0.238 e. The second-order valence-corrected chi connectivity index (χ2v) is 7.25. The average molecular weight is 311 g/mol. The lowest BCUT2D eigenvalue weighted by molar-refractivity contribution is -0.115. The van der Waals surface area contributed by atoms with Gasteiger partial charge in [0.05, 0.1) is 12.8 Å². The predicted molar refractivity (Wildman–Crippen MR) is 82.3 cm³/mol. The van der Waals surface area contributed by atoms with Crippen molar-refractivity contribution >= 4 is 21.6 Å². The van der Waals surface area contributed by atoms with Crippen molar-refractivity contribution in [1.82, 2.24) is 10.0 Å². The molecule has 6 nitrogen and oxygen atoms in total. The lowest BCUT2D eigenvalue weighted by Crippen LogP contribution is -2.29. The summed E-state index contributed by atoms with van der Waals surface area (Å²) in [6, 6.07) is 7.09. The molecule has 7 heteroatoms. The molecular formula is C14H21N3O3S. The molecule has 0 heterocycles. The minimum Gasteiger partial charge on any atom is -0.325 e. The highest BCUT2D eigenvalue weighted by Crippen LogP contribution is 2.27. The van der Waals surface area contributed by atoms with Crippen LogP contribution in [0.3, 0.4) is 0 Å². The summed E-state index contributed by atoms with van der Waals surface area (Å²) in [6.45, 7) is 1.47. The molecule has 0 aliphatic heterocycles. The maximum atomic E-state index is 11.7. The summed E-state index contributed by atoms with van der Waals surface area (Å²) in [5.74, 6) is 0.678. The van der Waals surface area contributed by atoms with Crippen LogP contribution in [-0.4, -0.2) is 33.7 Å². The van der Waals surface area contributed by atoms with Crippen molar-refractivity contribution in [2.75, 3.05) is 24.7 Å². The Morgan fingerprint density at radius 3 is 2.48 bits per heavy atom. The van der Waals surface area contributed by atoms with E-state index in [0.29, 0.717) is 12.2 Å². The molecule has 0 spiro atoms. The maximum absolute atomic E-state index is 11.7. The molecule has 3 N–H and O–H groups in total. The molecule has 2 rings (SSSR count). The Bertz CT molecular complexity index is 580. The summed E-state index contributed by atoms with van der Waals surface area (Å²) in [7, 11) is -3.19. The van der Waals surface area contributed by atoms with Crippen LogP contribution in [0.5, 0.6) is 0 Å². The van der Waals surface area contributed by atoms with Gasteiger partial charge >= 0.3 is 0 Å². The van der Waals surface area contributed by atoms with Gasteiger partial charge in [0.15, 0.2) is 0 Å². The van der Waals surface area contributed by atoms with E-state index in [9.17, 15) is 13.2 Å². The van der Waals surface area contributed by atoms with Gasteiger partial charge in [0.2, 0.25) is 15.9 Å². The largest absolute Gasteiger partial charge is 0.325 e. The number of carbonyl (C=O) groups excluding carboxylic acids is 1. The normalized spacial score (nSPS) is 14.9. The minimum absolute atomic E-state index is 0.0716. The van der Waals surface area contributed by atoms with E-state index < -0.39 is 10.0 Å². The van der Waals surface area contributed by atoms with Crippen molar-refractivity contribution in [3.05, 3.63) is 29.8 Å². The third kappa shape index (κ3) is 6.70. The van der Waals surface area contributed by atoms with Crippen LogP contribution < -0.4 is 15.4 Å². The number of anilines is 1. The van der Waals surface area contributed by atoms with Crippen molar-refractivity contribution in [2.45, 2.75) is 19.4 Å². The van der Waals surface area contributed by atoms with Gasteiger partial charge in [-0.2, -0.15) is 0 Å². The fourth-order valence-corrected chi connectivity index (χ4v) is 2.27. The highest BCUT2D eigenvalue weighted by atomic mass is 32.2. The zero-order chi connectivity index (χ0) is 15.3. The van der Waals surface area contributed by atoms with E-state index in [1.54, 1.807) is 24.3 Å². The third-order valence-electron chi connectivity index (χ3n) is 3.19. The molecule has 1 fully saturated rings. The molecule has 0 unspecified atom stereocenters. The van der Waals surface area contributed by atoms with Gasteiger partial charge in [-0.3, -0.25) is 4.79 Å².